The van der Waals surface area contributed by atoms with Crippen molar-refractivity contribution in [2.45, 2.75) is 59.0 Å². The van der Waals surface area contributed by atoms with Gasteiger partial charge in [0.05, 0.1) is 34.2 Å². The molecule has 1 aromatic carbocycles. The number of rotatable bonds is 4. The minimum Gasteiger partial charge on any atom is -0.371 e. The highest BCUT2D eigenvalue weighted by atomic mass is 19.1. The van der Waals surface area contributed by atoms with Crippen LogP contribution in [0.1, 0.15) is 49.9 Å². The largest absolute Gasteiger partial charge is 0.371 e. The normalized spacial score (nSPS) is 18.1. The van der Waals surface area contributed by atoms with E-state index in [2.05, 4.69) is 26.7 Å². The van der Waals surface area contributed by atoms with Gasteiger partial charge in [-0.05, 0) is 62.4 Å². The van der Waals surface area contributed by atoms with Gasteiger partial charge in [0.15, 0.2) is 11.5 Å². The first kappa shape index (κ1) is 30.5. The van der Waals surface area contributed by atoms with Crippen LogP contribution >= 0.6 is 0 Å². The molecule has 47 heavy (non-hydrogen) atoms. The Balaban J connectivity index is 1.62. The van der Waals surface area contributed by atoms with Crippen molar-refractivity contribution < 1.29 is 9.18 Å². The standard InChI is InChI=1S/C35H38FN9O2/c1-8-25(46)43-17-22-12-14-42(7)32-27-33(44(22)16-21(43)6)40-35(47)45(31-20(5)11-13-37-29(31)18(2)3)34(27)39-30(28(32)36)26-19(4)9-10-24-23(26)15-38-41-24/h8-11,13,15,18,21-22H,1,12,14,16-17H2,2-7H3,(H,38,41). The summed E-state index contributed by atoms with van der Waals surface area (Å²) in [6, 6.07) is 5.33. The zero-order valence-corrected chi connectivity index (χ0v) is 27.5. The summed E-state index contributed by atoms with van der Waals surface area (Å²) in [6.45, 7) is 14.9. The third-order valence-electron chi connectivity index (χ3n) is 9.67. The van der Waals surface area contributed by atoms with Crippen LogP contribution in [-0.4, -0.2) is 79.3 Å². The van der Waals surface area contributed by atoms with Crippen LogP contribution in [0, 0.1) is 19.7 Å². The van der Waals surface area contributed by atoms with Crippen molar-refractivity contribution in [3.05, 3.63) is 76.4 Å². The van der Waals surface area contributed by atoms with Gasteiger partial charge in [-0.15, -0.1) is 0 Å². The second-order valence-corrected chi connectivity index (χ2v) is 13.0. The number of aryl methyl sites for hydroxylation is 2. The molecule has 5 aromatic rings. The highest BCUT2D eigenvalue weighted by Gasteiger charge is 2.39. The van der Waals surface area contributed by atoms with Gasteiger partial charge in [-0.2, -0.15) is 10.1 Å². The molecule has 2 atom stereocenters. The fraction of sp³-hybridized carbons (Fsp3) is 0.371. The number of aromatic amines is 1. The lowest BCUT2D eigenvalue weighted by molar-refractivity contribution is -0.128. The maximum absolute atomic E-state index is 17.4. The number of nitrogens with zero attached hydrogens (tertiary/aromatic N) is 8. The van der Waals surface area contributed by atoms with E-state index in [4.69, 9.17) is 9.97 Å². The van der Waals surface area contributed by atoms with Gasteiger partial charge in [0.2, 0.25) is 5.91 Å². The molecule has 4 aromatic heterocycles. The molecule has 0 radical (unpaired) electrons. The fourth-order valence-electron chi connectivity index (χ4n) is 7.28. The van der Waals surface area contributed by atoms with E-state index in [1.165, 1.54) is 10.6 Å². The van der Waals surface area contributed by atoms with Gasteiger partial charge in [0.1, 0.15) is 11.5 Å². The van der Waals surface area contributed by atoms with Crippen molar-refractivity contribution >= 4 is 39.3 Å². The number of fused-ring (bicyclic) bond motifs is 3. The lowest BCUT2D eigenvalue weighted by atomic mass is 9.97. The van der Waals surface area contributed by atoms with Crippen molar-refractivity contribution in [2.24, 2.45) is 0 Å². The number of benzene rings is 1. The highest BCUT2D eigenvalue weighted by molar-refractivity contribution is 6.04. The van der Waals surface area contributed by atoms with Gasteiger partial charge in [-0.25, -0.2) is 18.7 Å². The number of aromatic nitrogens is 6. The molecule has 1 N–H and O–H groups in total. The zero-order chi connectivity index (χ0) is 33.3. The van der Waals surface area contributed by atoms with Crippen molar-refractivity contribution in [1.29, 1.82) is 0 Å². The van der Waals surface area contributed by atoms with E-state index < -0.39 is 11.5 Å². The van der Waals surface area contributed by atoms with E-state index in [1.807, 2.05) is 64.8 Å². The van der Waals surface area contributed by atoms with E-state index in [-0.39, 0.29) is 29.6 Å². The Morgan fingerprint density at radius 2 is 1.91 bits per heavy atom. The number of nitrogens with one attached hydrogen (secondary N) is 1. The molecule has 0 aliphatic carbocycles. The van der Waals surface area contributed by atoms with E-state index in [0.29, 0.717) is 65.5 Å². The predicted molar refractivity (Wildman–Crippen MR) is 182 cm³/mol. The molecule has 7 rings (SSSR count). The smallest absolute Gasteiger partial charge is 0.355 e. The molecule has 2 aliphatic rings. The Hall–Kier alpha value is -5.13. The van der Waals surface area contributed by atoms with Crippen molar-refractivity contribution in [1.82, 2.24) is 34.6 Å². The number of carbonyl (C=O) groups is 1. The number of pyridine rings is 2. The maximum Gasteiger partial charge on any atom is 0.355 e. The summed E-state index contributed by atoms with van der Waals surface area (Å²) < 4.78 is 18.9. The van der Waals surface area contributed by atoms with E-state index in [0.717, 1.165) is 22.0 Å². The van der Waals surface area contributed by atoms with Crippen LogP contribution in [0.4, 0.5) is 15.9 Å². The lowest BCUT2D eigenvalue weighted by Crippen LogP contribution is -2.60. The second kappa shape index (κ2) is 11.3. The SMILES string of the molecule is C=CC(=O)N1CC2CCN(C)c3c(F)c(-c4c(C)ccc5[nH]ncc45)nc4c3c(nc(=O)n4-c3c(C)ccnc3C(C)C)N2CC1C. The van der Waals surface area contributed by atoms with Crippen LogP contribution in [0.3, 0.4) is 0 Å². The molecule has 1 fully saturated rings. The van der Waals surface area contributed by atoms with E-state index in [1.54, 1.807) is 17.3 Å². The molecule has 6 heterocycles. The molecule has 1 amide bonds. The van der Waals surface area contributed by atoms with Crippen molar-refractivity contribution in [3.63, 3.8) is 0 Å². The number of anilines is 2. The lowest BCUT2D eigenvalue weighted by Gasteiger charge is -2.47. The van der Waals surface area contributed by atoms with Gasteiger partial charge < -0.3 is 14.7 Å². The molecule has 2 aliphatic heterocycles. The van der Waals surface area contributed by atoms with Gasteiger partial charge in [-0.1, -0.05) is 26.5 Å². The quantitative estimate of drug-likeness (QED) is 0.274. The van der Waals surface area contributed by atoms with Gasteiger partial charge >= 0.3 is 5.69 Å². The third kappa shape index (κ3) is 4.68. The number of piperazine rings is 1. The Labute approximate surface area is 271 Å². The third-order valence-corrected chi connectivity index (χ3v) is 9.67. The molecule has 242 valence electrons. The summed E-state index contributed by atoms with van der Waals surface area (Å²) in [5, 5.41) is 8.40. The van der Waals surface area contributed by atoms with Gasteiger partial charge in [0, 0.05) is 55.9 Å². The summed E-state index contributed by atoms with van der Waals surface area (Å²) in [4.78, 5) is 47.5. The van der Waals surface area contributed by atoms with Crippen molar-refractivity contribution in [3.8, 4) is 16.9 Å². The summed E-state index contributed by atoms with van der Waals surface area (Å²) in [7, 11) is 1.86. The number of hydrogen-bond acceptors (Lipinski definition) is 8. The summed E-state index contributed by atoms with van der Waals surface area (Å²) in [6.07, 6.45) is 5.36. The zero-order valence-electron chi connectivity index (χ0n) is 27.5. The fourth-order valence-corrected chi connectivity index (χ4v) is 7.28. The molecule has 12 heteroatoms. The molecule has 11 nitrogen and oxygen atoms in total. The minimum absolute atomic E-state index is 0.0184. The number of H-pyrrole nitrogens is 1. The molecular formula is C35H38FN9O2. The average molecular weight is 636 g/mol. The first-order valence-corrected chi connectivity index (χ1v) is 16.0. The Bertz CT molecular complexity index is 2150. The molecule has 2 unspecified atom stereocenters. The van der Waals surface area contributed by atoms with Crippen LogP contribution in [0.5, 0.6) is 0 Å². The Kier molecular flexibility index (Phi) is 7.33. The second-order valence-electron chi connectivity index (χ2n) is 13.0. The minimum atomic E-state index is -0.529. The summed E-state index contributed by atoms with van der Waals surface area (Å²) in [5.41, 5.74) is 4.55. The summed E-state index contributed by atoms with van der Waals surface area (Å²) in [5.74, 6) is -0.288. The highest BCUT2D eigenvalue weighted by Crippen LogP contribution is 2.44. The topological polar surface area (TPSA) is 116 Å². The Morgan fingerprint density at radius 1 is 1.13 bits per heavy atom. The van der Waals surface area contributed by atoms with Crippen molar-refractivity contribution in [2.75, 3.05) is 36.5 Å². The first-order chi connectivity index (χ1) is 22.5. The Morgan fingerprint density at radius 3 is 2.66 bits per heavy atom. The number of carbonyl (C=O) groups excluding carboxylic acids is 1. The van der Waals surface area contributed by atoms with E-state index in [9.17, 15) is 9.59 Å². The van der Waals surface area contributed by atoms with Crippen LogP contribution in [0.25, 0.3) is 38.9 Å². The van der Waals surface area contributed by atoms with Crippen LogP contribution in [0.15, 0.2) is 48.0 Å². The van der Waals surface area contributed by atoms with Gasteiger partial charge in [-0.3, -0.25) is 14.9 Å². The molecule has 1 saturated heterocycles. The van der Waals surface area contributed by atoms with Crippen LogP contribution in [0.2, 0.25) is 0 Å². The molecular weight excluding hydrogens is 597 g/mol. The summed E-state index contributed by atoms with van der Waals surface area (Å²) >= 11 is 0. The molecule has 0 spiro atoms. The van der Waals surface area contributed by atoms with Gasteiger partial charge in [0.25, 0.3) is 0 Å². The van der Waals surface area contributed by atoms with E-state index >= 15 is 4.39 Å². The van der Waals surface area contributed by atoms with Crippen LogP contribution in [-0.2, 0) is 4.79 Å². The molecule has 0 bridgehead atoms. The molecule has 0 saturated carbocycles. The monoisotopic (exact) mass is 635 g/mol. The predicted octanol–water partition coefficient (Wildman–Crippen LogP) is 5.03. The maximum atomic E-state index is 17.4. The number of amides is 1. The first-order valence-electron chi connectivity index (χ1n) is 16.0. The average Bonchev–Trinajstić information content (AvgIpc) is 3.52. The number of hydrogen-bond donors (Lipinski definition) is 1. The van der Waals surface area contributed by atoms with Crippen LogP contribution < -0.4 is 15.5 Å². The number of halogens is 1.